The Bertz CT molecular complexity index is 102. The van der Waals surface area contributed by atoms with Crippen molar-refractivity contribution in [2.45, 2.75) is 12.8 Å². The molecular weight excluding hydrogens is 136 g/mol. The fourth-order valence-corrected chi connectivity index (χ4v) is 0.962. The van der Waals surface area contributed by atoms with Crippen LogP contribution in [0.2, 0.25) is 0 Å². The topological polar surface area (TPSA) is 35.8 Å². The van der Waals surface area contributed by atoms with Crippen molar-refractivity contribution in [2.75, 3.05) is 13.1 Å². The normalized spacial score (nSPS) is 25.9. The molecule has 0 unspecified atom stereocenters. The molecule has 0 bridgehead atoms. The molecule has 0 aromatic carbocycles. The minimum Gasteiger partial charge on any atom is -0.315 e. The predicted molar refractivity (Wildman–Crippen MR) is 38.5 cm³/mol. The van der Waals surface area contributed by atoms with Gasteiger partial charge in [0.2, 0.25) is 0 Å². The third-order valence-electron chi connectivity index (χ3n) is 1.48. The van der Waals surface area contributed by atoms with Gasteiger partial charge in [-0.05, 0) is 19.4 Å². The summed E-state index contributed by atoms with van der Waals surface area (Å²) in [6.07, 6.45) is 2.25. The molecule has 0 aromatic rings. The van der Waals surface area contributed by atoms with Gasteiger partial charge in [-0.25, -0.2) is 0 Å². The molecule has 0 aromatic heterocycles. The van der Waals surface area contributed by atoms with Crippen LogP contribution in [-0.4, -0.2) is 13.1 Å². The molecule has 2 nitrogen and oxygen atoms in total. The number of hydrogen-bond acceptors (Lipinski definition) is 2. The number of rotatable bonds is 0. The fourth-order valence-electron chi connectivity index (χ4n) is 0.962. The molecule has 1 atom stereocenters. The Labute approximate surface area is 61.7 Å². The molecule has 1 rings (SSSR count). The van der Waals surface area contributed by atoms with Gasteiger partial charge in [0, 0.05) is 6.54 Å². The molecule has 0 aliphatic carbocycles. The zero-order valence-corrected chi connectivity index (χ0v) is 6.08. The van der Waals surface area contributed by atoms with Crippen molar-refractivity contribution in [3.05, 3.63) is 0 Å². The largest absolute Gasteiger partial charge is 0.315 e. The van der Waals surface area contributed by atoms with Crippen LogP contribution in [0.1, 0.15) is 12.8 Å². The van der Waals surface area contributed by atoms with Gasteiger partial charge in [-0.1, -0.05) is 0 Å². The van der Waals surface area contributed by atoms with E-state index in [9.17, 15) is 0 Å². The first-order valence-electron chi connectivity index (χ1n) is 3.04. The van der Waals surface area contributed by atoms with Crippen LogP contribution in [0.25, 0.3) is 0 Å². The van der Waals surface area contributed by atoms with E-state index in [1.54, 1.807) is 0 Å². The number of halogens is 1. The van der Waals surface area contributed by atoms with Crippen molar-refractivity contribution in [3.8, 4) is 6.07 Å². The van der Waals surface area contributed by atoms with E-state index < -0.39 is 0 Å². The van der Waals surface area contributed by atoms with Crippen molar-refractivity contribution >= 4 is 12.4 Å². The highest BCUT2D eigenvalue weighted by atomic mass is 35.5. The Balaban J connectivity index is 0.000000640. The number of piperidine rings is 1. The Kier molecular flexibility index (Phi) is 4.47. The molecule has 1 aliphatic heterocycles. The Morgan fingerprint density at radius 2 is 2.33 bits per heavy atom. The summed E-state index contributed by atoms with van der Waals surface area (Å²) >= 11 is 0. The minimum absolute atomic E-state index is 0. The van der Waals surface area contributed by atoms with Crippen LogP contribution in [0.4, 0.5) is 0 Å². The summed E-state index contributed by atoms with van der Waals surface area (Å²) in [6, 6.07) is 2.24. The maximum absolute atomic E-state index is 8.40. The van der Waals surface area contributed by atoms with Crippen molar-refractivity contribution in [1.82, 2.24) is 5.32 Å². The lowest BCUT2D eigenvalue weighted by molar-refractivity contribution is 0.446. The van der Waals surface area contributed by atoms with Crippen LogP contribution in [0.3, 0.4) is 0 Å². The summed E-state index contributed by atoms with van der Waals surface area (Å²) in [6.45, 7) is 1.99. The lowest BCUT2D eigenvalue weighted by Crippen LogP contribution is -2.28. The van der Waals surface area contributed by atoms with Gasteiger partial charge in [-0.3, -0.25) is 0 Å². The van der Waals surface area contributed by atoms with Gasteiger partial charge in [0.25, 0.3) is 0 Å². The van der Waals surface area contributed by atoms with E-state index in [2.05, 4.69) is 11.4 Å². The standard InChI is InChI=1S/C6H10N2.ClH/c7-4-6-2-1-3-8-5-6;/h6,8H,1-3,5H2;1H/t6-;/m1./s1. The van der Waals surface area contributed by atoms with Crippen LogP contribution in [0, 0.1) is 17.2 Å². The fraction of sp³-hybridized carbons (Fsp3) is 0.833. The zero-order chi connectivity index (χ0) is 5.82. The van der Waals surface area contributed by atoms with Crippen LogP contribution in [0.15, 0.2) is 0 Å². The van der Waals surface area contributed by atoms with Gasteiger partial charge in [0.05, 0.1) is 12.0 Å². The average Bonchev–Trinajstić information content (AvgIpc) is 1.90. The van der Waals surface area contributed by atoms with Gasteiger partial charge >= 0.3 is 0 Å². The molecule has 0 radical (unpaired) electrons. The number of nitrogens with one attached hydrogen (secondary N) is 1. The van der Waals surface area contributed by atoms with E-state index in [4.69, 9.17) is 5.26 Å². The predicted octanol–water partition coefficient (Wildman–Crippen LogP) is 0.931. The van der Waals surface area contributed by atoms with E-state index >= 15 is 0 Å². The maximum atomic E-state index is 8.40. The molecule has 1 N–H and O–H groups in total. The van der Waals surface area contributed by atoms with E-state index in [1.165, 1.54) is 0 Å². The summed E-state index contributed by atoms with van der Waals surface area (Å²) in [5.41, 5.74) is 0. The van der Waals surface area contributed by atoms with Crippen molar-refractivity contribution in [1.29, 1.82) is 5.26 Å². The molecular formula is C6H11ClN2. The molecule has 0 spiro atoms. The van der Waals surface area contributed by atoms with Gasteiger partial charge in [-0.15, -0.1) is 12.4 Å². The average molecular weight is 147 g/mol. The molecule has 1 fully saturated rings. The van der Waals surface area contributed by atoms with Crippen molar-refractivity contribution < 1.29 is 0 Å². The molecule has 3 heteroatoms. The van der Waals surface area contributed by atoms with Gasteiger partial charge in [0.15, 0.2) is 0 Å². The van der Waals surface area contributed by atoms with Crippen molar-refractivity contribution in [3.63, 3.8) is 0 Å². The highest BCUT2D eigenvalue weighted by Crippen LogP contribution is 2.06. The van der Waals surface area contributed by atoms with Gasteiger partial charge < -0.3 is 5.32 Å². The van der Waals surface area contributed by atoms with Crippen LogP contribution >= 0.6 is 12.4 Å². The molecule has 1 aliphatic rings. The summed E-state index contributed by atoms with van der Waals surface area (Å²) in [5.74, 6) is 0.281. The Morgan fingerprint density at radius 1 is 1.56 bits per heavy atom. The third kappa shape index (κ3) is 2.69. The number of nitriles is 1. The van der Waals surface area contributed by atoms with Crippen LogP contribution < -0.4 is 5.32 Å². The first-order valence-corrected chi connectivity index (χ1v) is 3.04. The quantitative estimate of drug-likeness (QED) is 0.552. The highest BCUT2D eigenvalue weighted by Gasteiger charge is 2.09. The lowest BCUT2D eigenvalue weighted by atomic mass is 10.0. The first kappa shape index (κ1) is 8.74. The summed E-state index contributed by atoms with van der Waals surface area (Å²) in [4.78, 5) is 0. The summed E-state index contributed by atoms with van der Waals surface area (Å²) in [7, 11) is 0. The molecule has 1 saturated heterocycles. The highest BCUT2D eigenvalue weighted by molar-refractivity contribution is 5.85. The monoisotopic (exact) mass is 146 g/mol. The number of nitrogens with zero attached hydrogens (tertiary/aromatic N) is 1. The molecule has 9 heavy (non-hydrogen) atoms. The van der Waals surface area contributed by atoms with Gasteiger partial charge in [0.1, 0.15) is 0 Å². The smallest absolute Gasteiger partial charge is 0.0669 e. The zero-order valence-electron chi connectivity index (χ0n) is 5.26. The maximum Gasteiger partial charge on any atom is 0.0669 e. The van der Waals surface area contributed by atoms with E-state index in [0.29, 0.717) is 0 Å². The molecule has 1 heterocycles. The Hall–Kier alpha value is -0.260. The second kappa shape index (κ2) is 4.60. The molecule has 0 amide bonds. The summed E-state index contributed by atoms with van der Waals surface area (Å²) < 4.78 is 0. The van der Waals surface area contributed by atoms with Crippen molar-refractivity contribution in [2.24, 2.45) is 5.92 Å². The van der Waals surface area contributed by atoms with Gasteiger partial charge in [-0.2, -0.15) is 5.26 Å². The second-order valence-electron chi connectivity index (χ2n) is 2.17. The SMILES string of the molecule is Cl.N#C[C@H]1CCCNC1. The molecule has 52 valence electrons. The third-order valence-corrected chi connectivity index (χ3v) is 1.48. The second-order valence-corrected chi connectivity index (χ2v) is 2.17. The number of hydrogen-bond donors (Lipinski definition) is 1. The van der Waals surface area contributed by atoms with Crippen LogP contribution in [-0.2, 0) is 0 Å². The summed E-state index contributed by atoms with van der Waals surface area (Å²) in [5, 5.41) is 11.6. The lowest BCUT2D eigenvalue weighted by Gasteiger charge is -2.15. The van der Waals surface area contributed by atoms with E-state index in [0.717, 1.165) is 25.9 Å². The van der Waals surface area contributed by atoms with E-state index in [-0.39, 0.29) is 18.3 Å². The molecule has 0 saturated carbocycles. The minimum atomic E-state index is 0. The Morgan fingerprint density at radius 3 is 2.67 bits per heavy atom. The van der Waals surface area contributed by atoms with Crippen LogP contribution in [0.5, 0.6) is 0 Å². The van der Waals surface area contributed by atoms with E-state index in [1.807, 2.05) is 0 Å². The first-order chi connectivity index (χ1) is 3.93.